The minimum atomic E-state index is -0.790. The fourth-order valence-electron chi connectivity index (χ4n) is 3.41. The number of fused-ring (bicyclic) bond motifs is 1. The topological polar surface area (TPSA) is 105 Å². The second-order valence-electron chi connectivity index (χ2n) is 7.43. The van der Waals surface area contributed by atoms with Gasteiger partial charge in [-0.1, -0.05) is 6.07 Å². The Balaban J connectivity index is 1.34. The average molecular weight is 404 g/mol. The number of aromatic nitrogens is 2. The second-order valence-corrected chi connectivity index (χ2v) is 8.89. The summed E-state index contributed by atoms with van der Waals surface area (Å²) < 4.78 is 22.8. The SMILES string of the molecule is CC(C)NC(=O)OC1CO[C@@H](c2cc(Nc3ccc4c(c3)CS(=O)C4)n[nH]2)C1. The molecule has 1 aromatic heterocycles. The predicted octanol–water partition coefficient (Wildman–Crippen LogP) is 2.88. The number of carbonyl (C=O) groups excluding carboxylic acids is 1. The molecule has 3 N–H and O–H groups in total. The highest BCUT2D eigenvalue weighted by Crippen LogP contribution is 2.31. The third kappa shape index (κ3) is 4.36. The summed E-state index contributed by atoms with van der Waals surface area (Å²) in [5.74, 6) is 1.93. The summed E-state index contributed by atoms with van der Waals surface area (Å²) in [5.41, 5.74) is 4.02. The van der Waals surface area contributed by atoms with E-state index in [1.165, 1.54) is 0 Å². The van der Waals surface area contributed by atoms with E-state index in [4.69, 9.17) is 9.47 Å². The third-order valence-electron chi connectivity index (χ3n) is 4.70. The van der Waals surface area contributed by atoms with Crippen LogP contribution in [0.25, 0.3) is 0 Å². The zero-order valence-electron chi connectivity index (χ0n) is 15.9. The van der Waals surface area contributed by atoms with Crippen molar-refractivity contribution < 1.29 is 18.5 Å². The van der Waals surface area contributed by atoms with Crippen LogP contribution in [0.3, 0.4) is 0 Å². The number of nitrogens with one attached hydrogen (secondary N) is 3. The van der Waals surface area contributed by atoms with E-state index in [-0.39, 0.29) is 18.2 Å². The predicted molar refractivity (Wildman–Crippen MR) is 106 cm³/mol. The lowest BCUT2D eigenvalue weighted by Gasteiger charge is -2.13. The molecule has 2 aliphatic heterocycles. The molecule has 0 bridgehead atoms. The summed E-state index contributed by atoms with van der Waals surface area (Å²) in [7, 11) is -0.790. The lowest BCUT2D eigenvalue weighted by Crippen LogP contribution is -2.33. The van der Waals surface area contributed by atoms with Gasteiger partial charge >= 0.3 is 6.09 Å². The third-order valence-corrected chi connectivity index (χ3v) is 5.96. The molecule has 0 spiro atoms. The Morgan fingerprint density at radius 3 is 2.96 bits per heavy atom. The van der Waals surface area contributed by atoms with Gasteiger partial charge in [0.1, 0.15) is 12.2 Å². The van der Waals surface area contributed by atoms with Crippen molar-refractivity contribution in [1.82, 2.24) is 15.5 Å². The lowest BCUT2D eigenvalue weighted by atomic mass is 10.1. The van der Waals surface area contributed by atoms with Crippen LogP contribution < -0.4 is 10.6 Å². The first-order valence-electron chi connectivity index (χ1n) is 9.34. The Kier molecular flexibility index (Phi) is 5.36. The van der Waals surface area contributed by atoms with Crippen molar-refractivity contribution in [1.29, 1.82) is 0 Å². The van der Waals surface area contributed by atoms with E-state index in [0.717, 1.165) is 22.5 Å². The van der Waals surface area contributed by atoms with Crippen molar-refractivity contribution in [3.63, 3.8) is 0 Å². The molecule has 1 saturated heterocycles. The van der Waals surface area contributed by atoms with E-state index in [0.29, 0.717) is 30.4 Å². The van der Waals surface area contributed by atoms with Gasteiger partial charge in [0.25, 0.3) is 0 Å². The minimum Gasteiger partial charge on any atom is -0.444 e. The van der Waals surface area contributed by atoms with Gasteiger partial charge in [-0.3, -0.25) is 9.31 Å². The van der Waals surface area contributed by atoms with Crippen molar-refractivity contribution >= 4 is 28.4 Å². The highest BCUT2D eigenvalue weighted by molar-refractivity contribution is 7.83. The zero-order valence-corrected chi connectivity index (χ0v) is 16.7. The van der Waals surface area contributed by atoms with Crippen LogP contribution in [0.4, 0.5) is 16.3 Å². The van der Waals surface area contributed by atoms with Crippen LogP contribution in [-0.2, 0) is 31.8 Å². The number of anilines is 2. The van der Waals surface area contributed by atoms with Crippen LogP contribution >= 0.6 is 0 Å². The van der Waals surface area contributed by atoms with E-state index in [2.05, 4.69) is 20.8 Å². The van der Waals surface area contributed by atoms with E-state index in [9.17, 15) is 9.00 Å². The van der Waals surface area contributed by atoms with Crippen LogP contribution in [0, 0.1) is 0 Å². The highest BCUT2D eigenvalue weighted by atomic mass is 32.2. The van der Waals surface area contributed by atoms with Gasteiger partial charge in [0.15, 0.2) is 5.82 Å². The molecule has 0 radical (unpaired) electrons. The number of hydrogen-bond acceptors (Lipinski definition) is 6. The maximum atomic E-state index is 11.7. The Morgan fingerprint density at radius 2 is 2.14 bits per heavy atom. The van der Waals surface area contributed by atoms with Gasteiger partial charge in [-0.15, -0.1) is 0 Å². The maximum Gasteiger partial charge on any atom is 0.407 e. The summed E-state index contributed by atoms with van der Waals surface area (Å²) in [6.07, 6.45) is -0.310. The molecule has 1 fully saturated rings. The summed E-state index contributed by atoms with van der Waals surface area (Å²) in [4.78, 5) is 11.7. The van der Waals surface area contributed by atoms with Gasteiger partial charge in [0, 0.05) is 46.5 Å². The number of H-pyrrole nitrogens is 1. The molecule has 3 atom stereocenters. The van der Waals surface area contributed by atoms with Crippen LogP contribution in [0.5, 0.6) is 0 Å². The van der Waals surface area contributed by atoms with E-state index in [1.54, 1.807) is 0 Å². The average Bonchev–Trinajstić information content (AvgIpc) is 3.32. The molecular weight excluding hydrogens is 380 g/mol. The number of ether oxygens (including phenoxy) is 2. The minimum absolute atomic E-state index is 0.0334. The maximum absolute atomic E-state index is 11.7. The van der Waals surface area contributed by atoms with E-state index >= 15 is 0 Å². The lowest BCUT2D eigenvalue weighted by molar-refractivity contribution is 0.0682. The molecule has 2 aromatic rings. The van der Waals surface area contributed by atoms with Gasteiger partial charge in [0.05, 0.1) is 12.3 Å². The van der Waals surface area contributed by atoms with Crippen molar-refractivity contribution in [3.8, 4) is 0 Å². The van der Waals surface area contributed by atoms with Gasteiger partial charge in [-0.2, -0.15) is 5.10 Å². The zero-order chi connectivity index (χ0) is 19.7. The van der Waals surface area contributed by atoms with Crippen molar-refractivity contribution in [3.05, 3.63) is 41.1 Å². The molecular formula is C19H24N4O4S. The Labute approximate surface area is 165 Å². The largest absolute Gasteiger partial charge is 0.444 e. The Bertz CT molecular complexity index is 898. The first-order chi connectivity index (χ1) is 13.5. The number of aromatic amines is 1. The number of benzene rings is 1. The van der Waals surface area contributed by atoms with Gasteiger partial charge in [-0.25, -0.2) is 4.79 Å². The number of amides is 1. The summed E-state index contributed by atoms with van der Waals surface area (Å²) in [6, 6.07) is 7.94. The smallest absolute Gasteiger partial charge is 0.407 e. The van der Waals surface area contributed by atoms with Crippen LogP contribution in [0.1, 0.15) is 43.2 Å². The molecule has 28 heavy (non-hydrogen) atoms. The fraction of sp³-hybridized carbons (Fsp3) is 0.474. The second kappa shape index (κ2) is 7.92. The first-order valence-corrected chi connectivity index (χ1v) is 10.8. The first kappa shape index (κ1) is 18.9. The quantitative estimate of drug-likeness (QED) is 0.708. The van der Waals surface area contributed by atoms with Gasteiger partial charge in [-0.05, 0) is 37.1 Å². The summed E-state index contributed by atoms with van der Waals surface area (Å²) in [6.45, 7) is 4.13. The Hall–Kier alpha value is -2.39. The van der Waals surface area contributed by atoms with Crippen molar-refractivity contribution in [2.24, 2.45) is 0 Å². The van der Waals surface area contributed by atoms with E-state index < -0.39 is 16.9 Å². The van der Waals surface area contributed by atoms with E-state index in [1.807, 2.05) is 38.1 Å². The Morgan fingerprint density at radius 1 is 1.32 bits per heavy atom. The molecule has 2 aliphatic rings. The fourth-order valence-corrected chi connectivity index (χ4v) is 4.75. The standard InChI is InChI=1S/C19H24N4O4S/c1-11(2)20-19(24)27-15-6-17(26-8-15)16-7-18(23-22-16)21-14-4-3-12-9-28(25)10-13(12)5-14/h3-5,7,11,15,17H,6,8-10H2,1-2H3,(H,20,24)(H2,21,22,23)/t15?,17-,28?/m1/s1. The van der Waals surface area contributed by atoms with Crippen LogP contribution in [0.2, 0.25) is 0 Å². The van der Waals surface area contributed by atoms with Crippen molar-refractivity contribution in [2.45, 2.75) is 50.0 Å². The molecule has 9 heteroatoms. The number of alkyl carbamates (subject to hydrolysis) is 1. The summed E-state index contributed by atoms with van der Waals surface area (Å²) in [5, 5.41) is 13.3. The number of nitrogens with zero attached hydrogens (tertiary/aromatic N) is 1. The molecule has 3 heterocycles. The van der Waals surface area contributed by atoms with Gasteiger partial charge < -0.3 is 20.1 Å². The molecule has 8 nitrogen and oxygen atoms in total. The molecule has 0 saturated carbocycles. The molecule has 1 amide bonds. The normalized spacial score (nSPS) is 23.6. The van der Waals surface area contributed by atoms with Crippen molar-refractivity contribution in [2.75, 3.05) is 11.9 Å². The molecule has 150 valence electrons. The molecule has 2 unspecified atom stereocenters. The summed E-state index contributed by atoms with van der Waals surface area (Å²) >= 11 is 0. The van der Waals surface area contributed by atoms with Crippen LogP contribution in [0.15, 0.2) is 24.3 Å². The van der Waals surface area contributed by atoms with Crippen LogP contribution in [-0.4, -0.2) is 39.3 Å². The number of rotatable bonds is 5. The molecule has 4 rings (SSSR count). The highest BCUT2D eigenvalue weighted by Gasteiger charge is 2.31. The molecule has 1 aromatic carbocycles. The number of carbonyl (C=O) groups is 1. The monoisotopic (exact) mass is 404 g/mol. The number of hydrogen-bond donors (Lipinski definition) is 3. The van der Waals surface area contributed by atoms with Gasteiger partial charge in [0.2, 0.25) is 0 Å². The molecule has 0 aliphatic carbocycles.